The second kappa shape index (κ2) is 7.19. The number of H-pyrrole nitrogens is 1. The summed E-state index contributed by atoms with van der Waals surface area (Å²) in [6, 6.07) is 0. The van der Waals surface area contributed by atoms with E-state index in [1.165, 1.54) is 0 Å². The van der Waals surface area contributed by atoms with Gasteiger partial charge in [-0.05, 0) is 6.42 Å². The van der Waals surface area contributed by atoms with Crippen LogP contribution >= 0.6 is 11.3 Å². The first-order valence-electron chi connectivity index (χ1n) is 5.36. The Labute approximate surface area is 98.3 Å². The van der Waals surface area contributed by atoms with Crippen LogP contribution < -0.4 is 15.5 Å². The molecule has 0 fully saturated rings. The minimum Gasteiger partial charge on any atom is -0.355 e. The van der Waals surface area contributed by atoms with Gasteiger partial charge in [0, 0.05) is 24.2 Å². The molecule has 0 unspecified atom stereocenters. The highest BCUT2D eigenvalue weighted by Gasteiger charge is 2.00. The average molecular weight is 243 g/mol. The Morgan fingerprint density at radius 2 is 2.38 bits per heavy atom. The predicted molar refractivity (Wildman–Crippen MR) is 64.6 cm³/mol. The molecule has 0 radical (unpaired) electrons. The summed E-state index contributed by atoms with van der Waals surface area (Å²) in [5.74, 6) is -0.00831. The molecule has 3 N–H and O–H groups in total. The summed E-state index contributed by atoms with van der Waals surface area (Å²) >= 11 is 1.13. The second-order valence-corrected chi connectivity index (χ2v) is 4.32. The van der Waals surface area contributed by atoms with Crippen molar-refractivity contribution < 1.29 is 4.79 Å². The van der Waals surface area contributed by atoms with E-state index in [0.29, 0.717) is 6.54 Å². The number of amides is 1. The number of rotatable bonds is 7. The van der Waals surface area contributed by atoms with Gasteiger partial charge in [-0.25, -0.2) is 0 Å². The normalized spacial score (nSPS) is 10.3. The highest BCUT2D eigenvalue weighted by Crippen LogP contribution is 1.93. The van der Waals surface area contributed by atoms with E-state index in [4.69, 9.17) is 0 Å². The van der Waals surface area contributed by atoms with Gasteiger partial charge in [0.1, 0.15) is 0 Å². The molecule has 16 heavy (non-hydrogen) atoms. The number of hydrogen-bond acceptors (Lipinski definition) is 4. The molecule has 5 nitrogen and oxygen atoms in total. The van der Waals surface area contributed by atoms with Crippen molar-refractivity contribution in [2.45, 2.75) is 26.3 Å². The van der Waals surface area contributed by atoms with Crippen LogP contribution in [0.3, 0.4) is 0 Å². The van der Waals surface area contributed by atoms with Crippen molar-refractivity contribution >= 4 is 17.2 Å². The first kappa shape index (κ1) is 12.9. The lowest BCUT2D eigenvalue weighted by Gasteiger charge is -2.04. The minimum atomic E-state index is -0.0656. The van der Waals surface area contributed by atoms with Crippen LogP contribution in [0.2, 0.25) is 0 Å². The summed E-state index contributed by atoms with van der Waals surface area (Å²) in [5.41, 5.74) is 0.816. The van der Waals surface area contributed by atoms with E-state index in [9.17, 15) is 9.59 Å². The molecule has 1 aromatic rings. The van der Waals surface area contributed by atoms with Gasteiger partial charge in [-0.15, -0.1) is 0 Å². The average Bonchev–Trinajstić information content (AvgIpc) is 2.65. The number of carbonyl (C=O) groups excluding carboxylic acids is 1. The largest absolute Gasteiger partial charge is 0.355 e. The Bertz CT molecular complexity index is 372. The van der Waals surface area contributed by atoms with Crippen LogP contribution in [-0.2, 0) is 11.3 Å². The Kier molecular flexibility index (Phi) is 5.81. The number of aromatic amines is 1. The lowest BCUT2D eigenvalue weighted by Crippen LogP contribution is -2.34. The third kappa shape index (κ3) is 5.09. The summed E-state index contributed by atoms with van der Waals surface area (Å²) < 4.78 is 0. The Balaban J connectivity index is 2.11. The van der Waals surface area contributed by atoms with Crippen molar-refractivity contribution in [2.24, 2.45) is 0 Å². The smallest absolute Gasteiger partial charge is 0.304 e. The lowest BCUT2D eigenvalue weighted by molar-refractivity contribution is -0.120. The van der Waals surface area contributed by atoms with Crippen molar-refractivity contribution in [3.8, 4) is 0 Å². The van der Waals surface area contributed by atoms with Gasteiger partial charge in [0.15, 0.2) is 0 Å². The summed E-state index contributed by atoms with van der Waals surface area (Å²) in [7, 11) is 0. The third-order valence-electron chi connectivity index (χ3n) is 2.02. The van der Waals surface area contributed by atoms with Gasteiger partial charge in [0.05, 0.1) is 6.54 Å². The van der Waals surface area contributed by atoms with Crippen LogP contribution in [-0.4, -0.2) is 24.0 Å². The molecule has 0 aliphatic carbocycles. The number of thiazole rings is 1. The van der Waals surface area contributed by atoms with Crippen molar-refractivity contribution in [1.29, 1.82) is 0 Å². The maximum atomic E-state index is 11.3. The highest BCUT2D eigenvalue weighted by atomic mass is 32.1. The van der Waals surface area contributed by atoms with Crippen LogP contribution in [0.4, 0.5) is 0 Å². The van der Waals surface area contributed by atoms with Gasteiger partial charge in [-0.1, -0.05) is 24.7 Å². The van der Waals surface area contributed by atoms with Crippen LogP contribution in [0.25, 0.3) is 0 Å². The van der Waals surface area contributed by atoms with Crippen LogP contribution in [0.15, 0.2) is 10.2 Å². The van der Waals surface area contributed by atoms with E-state index in [-0.39, 0.29) is 17.3 Å². The molecule has 0 aromatic carbocycles. The second-order valence-electron chi connectivity index (χ2n) is 3.48. The predicted octanol–water partition coefficient (Wildman–Crippen LogP) is 0.442. The fourth-order valence-corrected chi connectivity index (χ4v) is 1.76. The molecule has 6 heteroatoms. The topological polar surface area (TPSA) is 74.0 Å². The van der Waals surface area contributed by atoms with E-state index in [1.807, 2.05) is 0 Å². The lowest BCUT2D eigenvalue weighted by atomic mass is 10.3. The van der Waals surface area contributed by atoms with Crippen molar-refractivity contribution in [3.05, 3.63) is 20.7 Å². The summed E-state index contributed by atoms with van der Waals surface area (Å²) in [6.45, 7) is 3.60. The van der Waals surface area contributed by atoms with E-state index in [2.05, 4.69) is 22.5 Å². The quantitative estimate of drug-likeness (QED) is 0.608. The van der Waals surface area contributed by atoms with E-state index < -0.39 is 0 Å². The monoisotopic (exact) mass is 243 g/mol. The zero-order chi connectivity index (χ0) is 11.8. The first-order valence-corrected chi connectivity index (χ1v) is 6.24. The summed E-state index contributed by atoms with van der Waals surface area (Å²) in [4.78, 5) is 24.7. The van der Waals surface area contributed by atoms with E-state index >= 15 is 0 Å². The molecule has 0 atom stereocenters. The molecule has 0 bridgehead atoms. The Morgan fingerprint density at radius 1 is 1.56 bits per heavy atom. The molecule has 90 valence electrons. The van der Waals surface area contributed by atoms with Gasteiger partial charge in [0.2, 0.25) is 5.91 Å². The zero-order valence-electron chi connectivity index (χ0n) is 9.34. The highest BCUT2D eigenvalue weighted by molar-refractivity contribution is 7.07. The molecule has 0 saturated heterocycles. The molecular formula is C10H17N3O2S. The van der Waals surface area contributed by atoms with Gasteiger partial charge >= 0.3 is 4.87 Å². The van der Waals surface area contributed by atoms with Gasteiger partial charge < -0.3 is 15.6 Å². The fraction of sp³-hybridized carbons (Fsp3) is 0.600. The molecular weight excluding hydrogens is 226 g/mol. The zero-order valence-corrected chi connectivity index (χ0v) is 10.2. The first-order chi connectivity index (χ1) is 7.72. The maximum Gasteiger partial charge on any atom is 0.304 e. The maximum absolute atomic E-state index is 11.3. The molecule has 0 saturated carbocycles. The number of unbranched alkanes of at least 4 members (excludes halogenated alkanes) is 1. The van der Waals surface area contributed by atoms with E-state index in [0.717, 1.165) is 36.4 Å². The van der Waals surface area contributed by atoms with Gasteiger partial charge in [-0.3, -0.25) is 9.59 Å². The van der Waals surface area contributed by atoms with Crippen LogP contribution in [0.5, 0.6) is 0 Å². The Hall–Kier alpha value is -1.14. The molecule has 1 aromatic heterocycles. The van der Waals surface area contributed by atoms with E-state index in [1.54, 1.807) is 5.38 Å². The molecule has 0 spiro atoms. The summed E-state index contributed by atoms with van der Waals surface area (Å²) in [5, 5.41) is 7.52. The van der Waals surface area contributed by atoms with Crippen LogP contribution in [0.1, 0.15) is 25.5 Å². The minimum absolute atomic E-state index is 0.00831. The standard InChI is InChI=1S/C10H17N3O2S/c1-2-3-4-12-9(14)6-11-5-8-7-16-10(15)13-8/h7,11H,2-6H2,1H3,(H,12,14)(H,13,15). The molecule has 1 amide bonds. The Morgan fingerprint density at radius 3 is 3.00 bits per heavy atom. The SMILES string of the molecule is CCCCNC(=O)CNCc1csc(=O)[nH]1. The van der Waals surface area contributed by atoms with Crippen molar-refractivity contribution in [2.75, 3.05) is 13.1 Å². The summed E-state index contributed by atoms with van der Waals surface area (Å²) in [6.07, 6.45) is 2.08. The molecule has 1 rings (SSSR count). The third-order valence-corrected chi connectivity index (χ3v) is 2.74. The van der Waals surface area contributed by atoms with Gasteiger partial charge in [0.25, 0.3) is 0 Å². The van der Waals surface area contributed by atoms with Crippen molar-refractivity contribution in [3.63, 3.8) is 0 Å². The number of hydrogen-bond donors (Lipinski definition) is 3. The van der Waals surface area contributed by atoms with Crippen LogP contribution in [0, 0.1) is 0 Å². The molecule has 1 heterocycles. The number of nitrogens with one attached hydrogen (secondary N) is 3. The van der Waals surface area contributed by atoms with Crippen molar-refractivity contribution in [1.82, 2.24) is 15.6 Å². The number of carbonyl (C=O) groups is 1. The molecule has 0 aliphatic heterocycles. The fourth-order valence-electron chi connectivity index (χ4n) is 1.18. The molecule has 0 aliphatic rings. The number of aromatic nitrogens is 1. The van der Waals surface area contributed by atoms with Gasteiger partial charge in [-0.2, -0.15) is 0 Å².